The lowest BCUT2D eigenvalue weighted by atomic mass is 10.2. The van der Waals surface area contributed by atoms with E-state index in [9.17, 15) is 9.59 Å². The van der Waals surface area contributed by atoms with Gasteiger partial charge in [-0.15, -0.1) is 0 Å². The minimum atomic E-state index is -0.900. The summed E-state index contributed by atoms with van der Waals surface area (Å²) in [6, 6.07) is 0.130. The highest BCUT2D eigenvalue weighted by molar-refractivity contribution is 5.78. The van der Waals surface area contributed by atoms with Crippen molar-refractivity contribution in [2.24, 2.45) is 0 Å². The largest absolute Gasteiger partial charge is 0.479 e. The summed E-state index contributed by atoms with van der Waals surface area (Å²) in [6.45, 7) is 7.49. The molecule has 2 unspecified atom stereocenters. The number of likely N-dealkylation sites (N-methyl/N-ethyl adjacent to an activating group) is 1. The highest BCUT2D eigenvalue weighted by atomic mass is 16.5. The van der Waals surface area contributed by atoms with Gasteiger partial charge in [0.2, 0.25) is 5.91 Å². The second kappa shape index (κ2) is 7.45. The van der Waals surface area contributed by atoms with E-state index in [2.05, 4.69) is 5.32 Å². The molecule has 6 heteroatoms. The minimum Gasteiger partial charge on any atom is -0.479 e. The van der Waals surface area contributed by atoms with Gasteiger partial charge in [-0.05, 0) is 33.2 Å². The van der Waals surface area contributed by atoms with Crippen LogP contribution in [0.15, 0.2) is 0 Å². The average molecular weight is 272 g/mol. The Morgan fingerprint density at radius 1 is 1.42 bits per heavy atom. The number of ether oxygens (including phenoxy) is 1. The number of aliphatic carboxylic acids is 1. The summed E-state index contributed by atoms with van der Waals surface area (Å²) in [5, 5.41) is 11.7. The number of amides is 1. The number of rotatable bonds is 7. The van der Waals surface area contributed by atoms with Crippen LogP contribution in [0.4, 0.5) is 0 Å². The first-order valence-corrected chi connectivity index (χ1v) is 6.82. The van der Waals surface area contributed by atoms with Gasteiger partial charge in [0.15, 0.2) is 6.10 Å². The van der Waals surface area contributed by atoms with Gasteiger partial charge in [0.25, 0.3) is 0 Å². The third-order valence-electron chi connectivity index (χ3n) is 3.11. The number of nitrogens with zero attached hydrogens (tertiary/aromatic N) is 1. The zero-order valence-electron chi connectivity index (χ0n) is 11.9. The number of carbonyl (C=O) groups excluding carboxylic acids is 1. The standard InChI is InChI=1S/C13H24N2O4/c1-4-15(8-12(16)14-9(2)3)7-10-5-6-11(19-10)13(17)18/h9-11H,4-8H2,1-3H3,(H,14,16)(H,17,18). The highest BCUT2D eigenvalue weighted by Crippen LogP contribution is 2.20. The molecule has 0 aromatic heterocycles. The molecule has 0 saturated carbocycles. The van der Waals surface area contributed by atoms with Gasteiger partial charge in [-0.3, -0.25) is 9.69 Å². The summed E-state index contributed by atoms with van der Waals surface area (Å²) < 4.78 is 5.44. The van der Waals surface area contributed by atoms with E-state index in [0.29, 0.717) is 19.5 Å². The average Bonchev–Trinajstić information content (AvgIpc) is 2.75. The van der Waals surface area contributed by atoms with E-state index >= 15 is 0 Å². The molecule has 1 saturated heterocycles. The van der Waals surface area contributed by atoms with Crippen molar-refractivity contribution in [2.75, 3.05) is 19.6 Å². The van der Waals surface area contributed by atoms with E-state index < -0.39 is 12.1 Å². The maximum Gasteiger partial charge on any atom is 0.332 e. The predicted octanol–water partition coefficient (Wildman–Crippen LogP) is 0.465. The predicted molar refractivity (Wildman–Crippen MR) is 70.9 cm³/mol. The van der Waals surface area contributed by atoms with Gasteiger partial charge in [0, 0.05) is 12.6 Å². The molecule has 1 aliphatic heterocycles. The molecule has 6 nitrogen and oxygen atoms in total. The minimum absolute atomic E-state index is 0.00960. The van der Waals surface area contributed by atoms with Crippen LogP contribution in [0.1, 0.15) is 33.6 Å². The van der Waals surface area contributed by atoms with Crippen molar-refractivity contribution in [1.82, 2.24) is 10.2 Å². The Bertz CT molecular complexity index is 320. The molecule has 0 aromatic carbocycles. The van der Waals surface area contributed by atoms with Gasteiger partial charge < -0.3 is 15.2 Å². The molecular formula is C13H24N2O4. The fourth-order valence-electron chi connectivity index (χ4n) is 2.19. The Hall–Kier alpha value is -1.14. The topological polar surface area (TPSA) is 78.9 Å². The Kier molecular flexibility index (Phi) is 6.24. The Morgan fingerprint density at radius 3 is 2.58 bits per heavy atom. The van der Waals surface area contributed by atoms with Crippen LogP contribution >= 0.6 is 0 Å². The summed E-state index contributed by atoms with van der Waals surface area (Å²) >= 11 is 0. The van der Waals surface area contributed by atoms with Crippen LogP contribution in [0, 0.1) is 0 Å². The van der Waals surface area contributed by atoms with Crippen molar-refractivity contribution in [3.05, 3.63) is 0 Å². The Balaban J connectivity index is 2.37. The first-order chi connectivity index (χ1) is 8.92. The summed E-state index contributed by atoms with van der Waals surface area (Å²) in [5.74, 6) is -0.910. The monoisotopic (exact) mass is 272 g/mol. The van der Waals surface area contributed by atoms with Gasteiger partial charge in [-0.1, -0.05) is 6.92 Å². The second-order valence-corrected chi connectivity index (χ2v) is 5.21. The van der Waals surface area contributed by atoms with Crippen LogP contribution in [-0.4, -0.2) is 59.8 Å². The van der Waals surface area contributed by atoms with Crippen LogP contribution in [0.25, 0.3) is 0 Å². The summed E-state index contributed by atoms with van der Waals surface area (Å²) in [7, 11) is 0. The number of hydrogen-bond acceptors (Lipinski definition) is 4. The van der Waals surface area contributed by atoms with Crippen LogP contribution in [0.3, 0.4) is 0 Å². The Morgan fingerprint density at radius 2 is 2.11 bits per heavy atom. The number of carboxylic acid groups (broad SMARTS) is 1. The first-order valence-electron chi connectivity index (χ1n) is 6.82. The van der Waals surface area contributed by atoms with Crippen LogP contribution in [0.2, 0.25) is 0 Å². The molecule has 1 amide bonds. The van der Waals surface area contributed by atoms with E-state index in [1.807, 2.05) is 25.7 Å². The van der Waals surface area contributed by atoms with Crippen molar-refractivity contribution in [3.8, 4) is 0 Å². The fraction of sp³-hybridized carbons (Fsp3) is 0.846. The van der Waals surface area contributed by atoms with Gasteiger partial charge in [-0.2, -0.15) is 0 Å². The molecule has 0 aromatic rings. The quantitative estimate of drug-likeness (QED) is 0.704. The SMILES string of the molecule is CCN(CC(=O)NC(C)C)CC1CCC(C(=O)O)O1. The molecule has 2 N–H and O–H groups in total. The van der Waals surface area contributed by atoms with Crippen molar-refractivity contribution >= 4 is 11.9 Å². The lowest BCUT2D eigenvalue weighted by Crippen LogP contribution is -2.42. The smallest absolute Gasteiger partial charge is 0.332 e. The van der Waals surface area contributed by atoms with E-state index in [0.717, 1.165) is 13.0 Å². The summed E-state index contributed by atoms with van der Waals surface area (Å²) in [4.78, 5) is 24.5. The van der Waals surface area contributed by atoms with Crippen LogP contribution in [0.5, 0.6) is 0 Å². The van der Waals surface area contributed by atoms with Gasteiger partial charge in [-0.25, -0.2) is 4.79 Å². The number of carbonyl (C=O) groups is 2. The van der Waals surface area contributed by atoms with Crippen molar-refractivity contribution in [1.29, 1.82) is 0 Å². The maximum atomic E-state index is 11.7. The van der Waals surface area contributed by atoms with Crippen molar-refractivity contribution in [2.45, 2.75) is 51.9 Å². The highest BCUT2D eigenvalue weighted by Gasteiger charge is 2.31. The Labute approximate surface area is 114 Å². The number of carboxylic acids is 1. The number of hydrogen-bond donors (Lipinski definition) is 2. The molecule has 1 aliphatic rings. The van der Waals surface area contributed by atoms with Crippen LogP contribution in [-0.2, 0) is 14.3 Å². The van der Waals surface area contributed by atoms with Gasteiger partial charge in [0.1, 0.15) is 0 Å². The van der Waals surface area contributed by atoms with E-state index in [1.165, 1.54) is 0 Å². The molecule has 0 radical (unpaired) electrons. The molecule has 0 bridgehead atoms. The van der Waals surface area contributed by atoms with E-state index in [4.69, 9.17) is 9.84 Å². The van der Waals surface area contributed by atoms with E-state index in [-0.39, 0.29) is 18.1 Å². The lowest BCUT2D eigenvalue weighted by molar-refractivity contribution is -0.149. The lowest BCUT2D eigenvalue weighted by Gasteiger charge is -2.23. The fourth-order valence-corrected chi connectivity index (χ4v) is 2.19. The van der Waals surface area contributed by atoms with E-state index in [1.54, 1.807) is 0 Å². The zero-order valence-corrected chi connectivity index (χ0v) is 11.9. The molecule has 1 rings (SSSR count). The third kappa shape index (κ3) is 5.57. The third-order valence-corrected chi connectivity index (χ3v) is 3.11. The maximum absolute atomic E-state index is 11.7. The number of nitrogens with one attached hydrogen (secondary N) is 1. The molecule has 1 heterocycles. The molecule has 19 heavy (non-hydrogen) atoms. The van der Waals surface area contributed by atoms with Gasteiger partial charge in [0.05, 0.1) is 12.6 Å². The zero-order chi connectivity index (χ0) is 14.4. The molecule has 110 valence electrons. The summed E-state index contributed by atoms with van der Waals surface area (Å²) in [5.41, 5.74) is 0. The van der Waals surface area contributed by atoms with Gasteiger partial charge >= 0.3 is 5.97 Å². The van der Waals surface area contributed by atoms with Crippen molar-refractivity contribution < 1.29 is 19.4 Å². The second-order valence-electron chi connectivity index (χ2n) is 5.21. The first kappa shape index (κ1) is 15.9. The summed E-state index contributed by atoms with van der Waals surface area (Å²) in [6.07, 6.45) is 0.510. The van der Waals surface area contributed by atoms with Crippen molar-refractivity contribution in [3.63, 3.8) is 0 Å². The van der Waals surface area contributed by atoms with Crippen LogP contribution < -0.4 is 5.32 Å². The molecule has 1 fully saturated rings. The normalized spacial score (nSPS) is 23.0. The molecule has 2 atom stereocenters. The molecule has 0 spiro atoms. The molecule has 0 aliphatic carbocycles. The molecular weight excluding hydrogens is 248 g/mol.